The summed E-state index contributed by atoms with van der Waals surface area (Å²) in [7, 11) is 0.410. The van der Waals surface area contributed by atoms with Crippen molar-refractivity contribution in [1.82, 2.24) is 4.72 Å². The third-order valence-electron chi connectivity index (χ3n) is 3.31. The van der Waals surface area contributed by atoms with E-state index in [2.05, 4.69) is 4.72 Å². The Morgan fingerprint density at radius 1 is 1.05 bits per heavy atom. The van der Waals surface area contributed by atoms with Crippen molar-refractivity contribution in [3.63, 3.8) is 0 Å². The number of hydrogen-bond acceptors (Lipinski definition) is 3. The maximum atomic E-state index is 12.5. The molecule has 0 spiro atoms. The Bertz CT molecular complexity index is 737. The van der Waals surface area contributed by atoms with Gasteiger partial charge in [0.05, 0.1) is 4.90 Å². The van der Waals surface area contributed by atoms with Crippen LogP contribution in [-0.2, 0) is 10.0 Å². The van der Waals surface area contributed by atoms with Crippen molar-refractivity contribution in [2.24, 2.45) is 5.92 Å². The molecule has 0 saturated heterocycles. The fourth-order valence-electron chi connectivity index (χ4n) is 2.24. The molecule has 0 fully saturated rings. The molecule has 0 aliphatic rings. The molecule has 0 radical (unpaired) electrons. The average Bonchev–Trinajstić information content (AvgIpc) is 2.43. The van der Waals surface area contributed by atoms with E-state index in [1.165, 1.54) is 0 Å². The summed E-state index contributed by atoms with van der Waals surface area (Å²) < 4.78 is 27.7. The predicted octanol–water partition coefficient (Wildman–Crippen LogP) is 2.84. The van der Waals surface area contributed by atoms with Crippen molar-refractivity contribution >= 4 is 26.5 Å². The number of fused-ring (bicyclic) bond motifs is 1. The summed E-state index contributed by atoms with van der Waals surface area (Å²) in [5.74, 6) is 0.270. The molecule has 0 atom stereocenters. The number of hydrogen-bond donors (Lipinski definition) is 1. The van der Waals surface area contributed by atoms with Gasteiger partial charge in [-0.2, -0.15) is 0 Å². The molecule has 4 nitrogen and oxygen atoms in total. The summed E-state index contributed by atoms with van der Waals surface area (Å²) in [6.07, 6.45) is 0. The molecule has 0 amide bonds. The van der Waals surface area contributed by atoms with E-state index in [0.717, 1.165) is 16.5 Å². The van der Waals surface area contributed by atoms with Crippen LogP contribution in [0.4, 0.5) is 5.69 Å². The number of sulfonamides is 1. The molecule has 21 heavy (non-hydrogen) atoms. The van der Waals surface area contributed by atoms with Crippen molar-refractivity contribution in [3.8, 4) is 0 Å². The van der Waals surface area contributed by atoms with E-state index in [1.807, 2.05) is 57.1 Å². The average molecular weight is 306 g/mol. The lowest BCUT2D eigenvalue weighted by molar-refractivity contribution is 0.561. The van der Waals surface area contributed by atoms with Gasteiger partial charge in [-0.15, -0.1) is 0 Å². The van der Waals surface area contributed by atoms with Crippen LogP contribution < -0.4 is 9.62 Å². The summed E-state index contributed by atoms with van der Waals surface area (Å²) in [6.45, 7) is 4.40. The molecule has 2 aromatic carbocycles. The Hall–Kier alpha value is -1.59. The number of anilines is 1. The minimum atomic E-state index is -3.49. The highest BCUT2D eigenvalue weighted by atomic mass is 32.2. The minimum absolute atomic E-state index is 0.270. The second-order valence-electron chi connectivity index (χ2n) is 5.77. The lowest BCUT2D eigenvalue weighted by atomic mass is 10.1. The molecule has 0 aliphatic carbocycles. The molecule has 0 heterocycles. The summed E-state index contributed by atoms with van der Waals surface area (Å²) >= 11 is 0. The molecule has 2 aromatic rings. The zero-order valence-corrected chi connectivity index (χ0v) is 13.7. The molecule has 2 rings (SSSR count). The zero-order chi connectivity index (χ0) is 15.6. The highest BCUT2D eigenvalue weighted by Gasteiger charge is 2.18. The van der Waals surface area contributed by atoms with Crippen LogP contribution in [0.1, 0.15) is 13.8 Å². The fourth-order valence-corrected chi connectivity index (χ4v) is 3.68. The molecule has 0 saturated carbocycles. The van der Waals surface area contributed by atoms with Crippen molar-refractivity contribution in [2.45, 2.75) is 18.7 Å². The SMILES string of the molecule is CC(C)CNS(=O)(=O)c1cccc2c(N(C)C)cccc12. The topological polar surface area (TPSA) is 49.4 Å². The van der Waals surface area contributed by atoms with Crippen LogP contribution in [0.3, 0.4) is 0 Å². The van der Waals surface area contributed by atoms with Crippen LogP contribution in [0, 0.1) is 5.92 Å². The molecule has 0 unspecified atom stereocenters. The van der Waals surface area contributed by atoms with E-state index in [4.69, 9.17) is 0 Å². The normalized spacial score (nSPS) is 12.0. The van der Waals surface area contributed by atoms with Crippen LogP contribution >= 0.6 is 0 Å². The number of benzene rings is 2. The standard InChI is InChI=1S/C16H22N2O2S/c1-12(2)11-17-21(19,20)16-10-6-7-13-14(16)8-5-9-15(13)18(3)4/h5-10,12,17H,11H2,1-4H3. The van der Waals surface area contributed by atoms with Gasteiger partial charge in [-0.25, -0.2) is 13.1 Å². The maximum absolute atomic E-state index is 12.5. The quantitative estimate of drug-likeness (QED) is 0.924. The van der Waals surface area contributed by atoms with Gasteiger partial charge >= 0.3 is 0 Å². The van der Waals surface area contributed by atoms with E-state index in [1.54, 1.807) is 12.1 Å². The van der Waals surface area contributed by atoms with E-state index in [-0.39, 0.29) is 5.92 Å². The highest BCUT2D eigenvalue weighted by Crippen LogP contribution is 2.30. The predicted molar refractivity (Wildman–Crippen MR) is 88.3 cm³/mol. The van der Waals surface area contributed by atoms with Gasteiger partial charge in [-0.05, 0) is 18.1 Å². The van der Waals surface area contributed by atoms with Crippen LogP contribution in [0.15, 0.2) is 41.3 Å². The third kappa shape index (κ3) is 3.36. The van der Waals surface area contributed by atoms with E-state index < -0.39 is 10.0 Å². The number of nitrogens with one attached hydrogen (secondary N) is 1. The van der Waals surface area contributed by atoms with Gasteiger partial charge in [0, 0.05) is 37.1 Å². The largest absolute Gasteiger partial charge is 0.377 e. The van der Waals surface area contributed by atoms with Crippen LogP contribution in [0.5, 0.6) is 0 Å². The Labute approximate surface area is 126 Å². The monoisotopic (exact) mass is 306 g/mol. The lowest BCUT2D eigenvalue weighted by Crippen LogP contribution is -2.27. The molecular formula is C16H22N2O2S. The Kier molecular flexibility index (Phi) is 4.54. The first kappa shape index (κ1) is 15.8. The van der Waals surface area contributed by atoms with Gasteiger partial charge in [0.2, 0.25) is 10.0 Å². The van der Waals surface area contributed by atoms with E-state index >= 15 is 0 Å². The van der Waals surface area contributed by atoms with Crippen LogP contribution in [0.2, 0.25) is 0 Å². The van der Waals surface area contributed by atoms with Crippen molar-refractivity contribution in [3.05, 3.63) is 36.4 Å². The fraction of sp³-hybridized carbons (Fsp3) is 0.375. The molecule has 0 bridgehead atoms. The third-order valence-corrected chi connectivity index (χ3v) is 4.79. The smallest absolute Gasteiger partial charge is 0.241 e. The van der Waals surface area contributed by atoms with Gasteiger partial charge < -0.3 is 4.90 Å². The number of nitrogens with zero attached hydrogens (tertiary/aromatic N) is 1. The van der Waals surface area contributed by atoms with Crippen LogP contribution in [-0.4, -0.2) is 29.1 Å². The van der Waals surface area contributed by atoms with Crippen molar-refractivity contribution < 1.29 is 8.42 Å². The molecule has 114 valence electrons. The molecule has 1 N–H and O–H groups in total. The van der Waals surface area contributed by atoms with Gasteiger partial charge in [-0.1, -0.05) is 38.1 Å². The second kappa shape index (κ2) is 6.03. The Morgan fingerprint density at radius 3 is 2.29 bits per heavy atom. The lowest BCUT2D eigenvalue weighted by Gasteiger charge is -2.17. The molecular weight excluding hydrogens is 284 g/mol. The van der Waals surface area contributed by atoms with Gasteiger partial charge in [0.1, 0.15) is 0 Å². The molecule has 5 heteroatoms. The second-order valence-corrected chi connectivity index (χ2v) is 7.50. The van der Waals surface area contributed by atoms with E-state index in [0.29, 0.717) is 11.4 Å². The van der Waals surface area contributed by atoms with Gasteiger partial charge in [0.25, 0.3) is 0 Å². The Morgan fingerprint density at radius 2 is 1.67 bits per heavy atom. The van der Waals surface area contributed by atoms with Crippen LogP contribution in [0.25, 0.3) is 10.8 Å². The molecule has 0 aromatic heterocycles. The molecule has 0 aliphatic heterocycles. The van der Waals surface area contributed by atoms with Gasteiger partial charge in [-0.3, -0.25) is 0 Å². The minimum Gasteiger partial charge on any atom is -0.377 e. The summed E-state index contributed by atoms with van der Waals surface area (Å²) in [5.41, 5.74) is 1.01. The first-order valence-electron chi connectivity index (χ1n) is 7.01. The highest BCUT2D eigenvalue weighted by molar-refractivity contribution is 7.89. The first-order chi connectivity index (χ1) is 9.83. The van der Waals surface area contributed by atoms with Crippen molar-refractivity contribution in [2.75, 3.05) is 25.5 Å². The van der Waals surface area contributed by atoms with E-state index in [9.17, 15) is 8.42 Å². The summed E-state index contributed by atoms with van der Waals surface area (Å²) in [6, 6.07) is 11.1. The number of rotatable bonds is 5. The summed E-state index contributed by atoms with van der Waals surface area (Å²) in [5, 5.41) is 1.69. The van der Waals surface area contributed by atoms with Crippen molar-refractivity contribution in [1.29, 1.82) is 0 Å². The maximum Gasteiger partial charge on any atom is 0.241 e. The first-order valence-corrected chi connectivity index (χ1v) is 8.50. The summed E-state index contributed by atoms with van der Waals surface area (Å²) in [4.78, 5) is 2.32. The van der Waals surface area contributed by atoms with Gasteiger partial charge in [0.15, 0.2) is 0 Å². The zero-order valence-electron chi connectivity index (χ0n) is 12.9. The Balaban J connectivity index is 2.58.